The number of hydrogen-bond acceptors (Lipinski definition) is 10. The monoisotopic (exact) mass is 420 g/mol. The molecule has 2 aromatic carbocycles. The third kappa shape index (κ3) is 5.47. The van der Waals surface area contributed by atoms with Gasteiger partial charge in [0.15, 0.2) is 0 Å². The number of ether oxygens (including phenoxy) is 4. The maximum Gasteiger partial charge on any atom is 0.390 e. The minimum absolute atomic E-state index is 0.0303. The number of rotatable bonds is 10. The SMILES string of the molecule is C=C(OOC(=O)c1cc(OC)ccc1OC)OOC(=O)c1cc(OC)ccc1OC. The number of benzene rings is 2. The third-order valence-corrected chi connectivity index (χ3v) is 3.67. The van der Waals surface area contributed by atoms with E-state index in [0.717, 1.165) is 0 Å². The molecule has 0 fully saturated rings. The second-order valence-electron chi connectivity index (χ2n) is 5.41. The quantitative estimate of drug-likeness (QED) is 0.323. The topological polar surface area (TPSA) is 108 Å². The molecule has 0 unspecified atom stereocenters. The molecule has 0 aromatic heterocycles. The van der Waals surface area contributed by atoms with Crippen LogP contribution < -0.4 is 18.9 Å². The molecule has 0 saturated heterocycles. The van der Waals surface area contributed by atoms with Crippen LogP contribution in [0.25, 0.3) is 0 Å². The van der Waals surface area contributed by atoms with Crippen LogP contribution in [0, 0.1) is 0 Å². The van der Waals surface area contributed by atoms with Gasteiger partial charge in [0, 0.05) is 0 Å². The van der Waals surface area contributed by atoms with Crippen molar-refractivity contribution in [2.75, 3.05) is 28.4 Å². The van der Waals surface area contributed by atoms with Gasteiger partial charge in [-0.1, -0.05) is 0 Å². The van der Waals surface area contributed by atoms with Crippen molar-refractivity contribution in [2.24, 2.45) is 0 Å². The number of carbonyl (C=O) groups is 2. The number of methoxy groups -OCH3 is 4. The molecule has 10 nitrogen and oxygen atoms in total. The molecule has 160 valence electrons. The van der Waals surface area contributed by atoms with Crippen LogP contribution in [0.3, 0.4) is 0 Å². The fraction of sp³-hybridized carbons (Fsp3) is 0.200. The maximum absolute atomic E-state index is 12.2. The van der Waals surface area contributed by atoms with Crippen molar-refractivity contribution in [3.05, 3.63) is 60.0 Å². The van der Waals surface area contributed by atoms with Crippen LogP contribution in [0.1, 0.15) is 20.7 Å². The molecule has 0 aliphatic heterocycles. The first kappa shape index (κ1) is 22.2. The summed E-state index contributed by atoms with van der Waals surface area (Å²) >= 11 is 0. The van der Waals surface area contributed by atoms with Crippen LogP contribution in [-0.2, 0) is 19.6 Å². The molecule has 10 heteroatoms. The lowest BCUT2D eigenvalue weighted by atomic mass is 10.2. The van der Waals surface area contributed by atoms with Gasteiger partial charge < -0.3 is 18.9 Å². The largest absolute Gasteiger partial charge is 0.497 e. The van der Waals surface area contributed by atoms with Crippen molar-refractivity contribution in [3.8, 4) is 23.0 Å². The Balaban J connectivity index is 1.94. The molecular weight excluding hydrogens is 400 g/mol. The molecule has 2 aromatic rings. The molecule has 0 aliphatic carbocycles. The van der Waals surface area contributed by atoms with Crippen molar-refractivity contribution < 1.29 is 48.1 Å². The molecule has 0 spiro atoms. The molecule has 30 heavy (non-hydrogen) atoms. The average Bonchev–Trinajstić information content (AvgIpc) is 2.79. The van der Waals surface area contributed by atoms with E-state index >= 15 is 0 Å². The van der Waals surface area contributed by atoms with E-state index in [1.54, 1.807) is 12.1 Å². The van der Waals surface area contributed by atoms with E-state index in [4.69, 9.17) is 18.9 Å². The Morgan fingerprint density at radius 3 is 1.37 bits per heavy atom. The maximum atomic E-state index is 12.2. The standard InChI is InChI=1S/C20H20O10/c1-12(27-29-19(21)15-10-13(23-2)6-8-17(15)25-4)28-30-20(22)16-11-14(24-3)7-9-18(16)26-5/h6-11H,1H2,2-5H3. The fourth-order valence-corrected chi connectivity index (χ4v) is 2.22. The molecule has 0 bridgehead atoms. The molecule has 0 N–H and O–H groups in total. The Hall–Kier alpha value is -4.08. The van der Waals surface area contributed by atoms with Crippen LogP contribution in [0.15, 0.2) is 48.9 Å². The Bertz CT molecular complexity index is 848. The zero-order chi connectivity index (χ0) is 22.1. The first-order chi connectivity index (χ1) is 14.4. The third-order valence-electron chi connectivity index (χ3n) is 3.67. The second kappa shape index (κ2) is 10.5. The van der Waals surface area contributed by atoms with E-state index < -0.39 is 17.9 Å². The summed E-state index contributed by atoms with van der Waals surface area (Å²) in [5.74, 6) is -1.19. The Labute approximate surface area is 172 Å². The van der Waals surface area contributed by atoms with Crippen molar-refractivity contribution in [3.63, 3.8) is 0 Å². The predicted molar refractivity (Wildman–Crippen MR) is 101 cm³/mol. The first-order valence-electron chi connectivity index (χ1n) is 8.34. The zero-order valence-electron chi connectivity index (χ0n) is 16.8. The van der Waals surface area contributed by atoms with Gasteiger partial charge in [-0.25, -0.2) is 29.1 Å². The Kier molecular flexibility index (Phi) is 7.74. The molecular formula is C20H20O10. The average molecular weight is 420 g/mol. The summed E-state index contributed by atoms with van der Waals surface area (Å²) in [6.07, 6.45) is 0. The van der Waals surface area contributed by atoms with Crippen molar-refractivity contribution in [1.82, 2.24) is 0 Å². The Morgan fingerprint density at radius 2 is 1.03 bits per heavy atom. The van der Waals surface area contributed by atoms with Crippen molar-refractivity contribution in [1.29, 1.82) is 0 Å². The van der Waals surface area contributed by atoms with Gasteiger partial charge in [0.1, 0.15) is 34.1 Å². The molecule has 0 radical (unpaired) electrons. The summed E-state index contributed by atoms with van der Waals surface area (Å²) in [6.45, 7) is 3.33. The van der Waals surface area contributed by atoms with E-state index in [0.29, 0.717) is 11.5 Å². The van der Waals surface area contributed by atoms with Crippen molar-refractivity contribution >= 4 is 11.9 Å². The van der Waals surface area contributed by atoms with Crippen LogP contribution >= 0.6 is 0 Å². The van der Waals surface area contributed by atoms with E-state index in [2.05, 4.69) is 26.1 Å². The molecule has 0 amide bonds. The lowest BCUT2D eigenvalue weighted by molar-refractivity contribution is -0.317. The molecule has 0 aliphatic rings. The van der Waals surface area contributed by atoms with Gasteiger partial charge in [0.2, 0.25) is 0 Å². The number of carbonyl (C=O) groups excluding carboxylic acids is 2. The van der Waals surface area contributed by atoms with Crippen LogP contribution in [-0.4, -0.2) is 40.4 Å². The van der Waals surface area contributed by atoms with Gasteiger partial charge >= 0.3 is 17.9 Å². The van der Waals surface area contributed by atoms with Gasteiger partial charge in [-0.3, -0.25) is 0 Å². The van der Waals surface area contributed by atoms with E-state index in [1.807, 2.05) is 0 Å². The smallest absolute Gasteiger partial charge is 0.390 e. The van der Waals surface area contributed by atoms with Gasteiger partial charge in [0.25, 0.3) is 0 Å². The summed E-state index contributed by atoms with van der Waals surface area (Å²) in [5.41, 5.74) is 0.0607. The summed E-state index contributed by atoms with van der Waals surface area (Å²) in [4.78, 5) is 42.9. The lowest BCUT2D eigenvalue weighted by Gasteiger charge is -2.11. The normalized spacial score (nSPS) is 9.73. The van der Waals surface area contributed by atoms with Gasteiger partial charge in [-0.05, 0) is 43.0 Å². The molecule has 0 heterocycles. The predicted octanol–water partition coefficient (Wildman–Crippen LogP) is 3.07. The van der Waals surface area contributed by atoms with Crippen LogP contribution in [0.4, 0.5) is 0 Å². The Morgan fingerprint density at radius 1 is 0.633 bits per heavy atom. The lowest BCUT2D eigenvalue weighted by Crippen LogP contribution is -2.11. The van der Waals surface area contributed by atoms with E-state index in [-0.39, 0.29) is 22.6 Å². The second-order valence-corrected chi connectivity index (χ2v) is 5.41. The highest BCUT2D eigenvalue weighted by Gasteiger charge is 2.20. The van der Waals surface area contributed by atoms with Gasteiger partial charge in [-0.15, -0.1) is 0 Å². The zero-order valence-corrected chi connectivity index (χ0v) is 16.8. The van der Waals surface area contributed by atoms with E-state index in [9.17, 15) is 9.59 Å². The molecule has 2 rings (SSSR count). The highest BCUT2D eigenvalue weighted by Crippen LogP contribution is 2.26. The summed E-state index contributed by atoms with van der Waals surface area (Å²) in [7, 11) is 5.64. The molecule has 0 atom stereocenters. The summed E-state index contributed by atoms with van der Waals surface area (Å²) in [5, 5.41) is 0. The highest BCUT2D eigenvalue weighted by atomic mass is 17.3. The van der Waals surface area contributed by atoms with Crippen molar-refractivity contribution in [2.45, 2.75) is 0 Å². The van der Waals surface area contributed by atoms with Gasteiger partial charge in [-0.2, -0.15) is 0 Å². The highest BCUT2D eigenvalue weighted by molar-refractivity contribution is 5.93. The van der Waals surface area contributed by atoms with Crippen LogP contribution in [0.2, 0.25) is 0 Å². The number of hydrogen-bond donors (Lipinski definition) is 0. The molecule has 0 saturated carbocycles. The van der Waals surface area contributed by atoms with Crippen LogP contribution in [0.5, 0.6) is 23.0 Å². The summed E-state index contributed by atoms with van der Waals surface area (Å²) < 4.78 is 20.3. The minimum atomic E-state index is -0.920. The summed E-state index contributed by atoms with van der Waals surface area (Å²) in [6, 6.07) is 9.02. The first-order valence-corrected chi connectivity index (χ1v) is 8.34. The van der Waals surface area contributed by atoms with Gasteiger partial charge in [0.05, 0.1) is 28.4 Å². The fourth-order valence-electron chi connectivity index (χ4n) is 2.22. The minimum Gasteiger partial charge on any atom is -0.497 e. The van der Waals surface area contributed by atoms with E-state index in [1.165, 1.54) is 52.7 Å².